The van der Waals surface area contributed by atoms with E-state index in [1.807, 2.05) is 82.3 Å². The number of nitrogens with one attached hydrogen (secondary N) is 1. The lowest BCUT2D eigenvalue weighted by atomic mass is 9.99. The Morgan fingerprint density at radius 1 is 0.812 bits per heavy atom. The fourth-order valence-electron chi connectivity index (χ4n) is 3.80. The monoisotopic (exact) mass is 444 g/mol. The molecular weight excluding hydrogens is 420 g/mol. The van der Waals surface area contributed by atoms with Crippen LogP contribution < -0.4 is 5.32 Å². The molecular formula is C27H25ClN2O2. The molecule has 3 aromatic carbocycles. The Labute approximate surface area is 193 Å². The molecule has 4 nitrogen and oxygen atoms in total. The average Bonchev–Trinajstić information content (AvgIpc) is 2.98. The van der Waals surface area contributed by atoms with Crippen molar-refractivity contribution in [2.75, 3.05) is 5.32 Å². The highest BCUT2D eigenvalue weighted by atomic mass is 35.5. The molecule has 0 aromatic heterocycles. The molecule has 0 saturated carbocycles. The third kappa shape index (κ3) is 4.06. The lowest BCUT2D eigenvalue weighted by Crippen LogP contribution is -2.32. The molecule has 1 heterocycles. The first kappa shape index (κ1) is 21.8. The van der Waals surface area contributed by atoms with Gasteiger partial charge in [-0.25, -0.2) is 0 Å². The molecule has 0 radical (unpaired) electrons. The van der Waals surface area contributed by atoms with Crippen LogP contribution in [0.4, 0.5) is 5.69 Å². The summed E-state index contributed by atoms with van der Waals surface area (Å²) in [5.74, 6) is -0.685. The fourth-order valence-corrected chi connectivity index (χ4v) is 4.00. The standard InChI is InChI=1S/C27H25ClN2O2/c1-16-9-10-18(3)23(13-16)29-25-24(20-12-11-17(2)19(4)14-20)26(31)30(27(25)32)15-21-7-5-6-8-22(21)28/h5-14,29H,15H2,1-4H3. The van der Waals surface area contributed by atoms with Crippen LogP contribution in [0.25, 0.3) is 5.57 Å². The zero-order valence-corrected chi connectivity index (χ0v) is 19.4. The van der Waals surface area contributed by atoms with Gasteiger partial charge in [0.25, 0.3) is 11.8 Å². The van der Waals surface area contributed by atoms with Gasteiger partial charge in [0.1, 0.15) is 5.70 Å². The van der Waals surface area contributed by atoms with E-state index in [4.69, 9.17) is 11.6 Å². The predicted octanol–water partition coefficient (Wildman–Crippen LogP) is 5.97. The van der Waals surface area contributed by atoms with Gasteiger partial charge in [-0.15, -0.1) is 0 Å². The lowest BCUT2D eigenvalue weighted by molar-refractivity contribution is -0.137. The van der Waals surface area contributed by atoms with Gasteiger partial charge in [-0.1, -0.05) is 60.1 Å². The summed E-state index contributed by atoms with van der Waals surface area (Å²) >= 11 is 6.32. The minimum absolute atomic E-state index is 0.115. The molecule has 0 fully saturated rings. The molecule has 0 atom stereocenters. The third-order valence-electron chi connectivity index (χ3n) is 5.90. The van der Waals surface area contributed by atoms with Gasteiger partial charge in [-0.3, -0.25) is 14.5 Å². The molecule has 32 heavy (non-hydrogen) atoms. The second-order valence-corrected chi connectivity index (χ2v) is 8.69. The molecule has 0 aliphatic carbocycles. The number of carbonyl (C=O) groups is 2. The van der Waals surface area contributed by atoms with Crippen molar-refractivity contribution in [3.05, 3.63) is 105 Å². The first-order valence-corrected chi connectivity index (χ1v) is 10.9. The first-order chi connectivity index (χ1) is 15.3. The molecule has 1 N–H and O–H groups in total. The van der Waals surface area contributed by atoms with E-state index in [1.54, 1.807) is 6.07 Å². The average molecular weight is 445 g/mol. The highest BCUT2D eigenvalue weighted by Crippen LogP contribution is 2.34. The van der Waals surface area contributed by atoms with Crippen LogP contribution in [0.15, 0.2) is 66.4 Å². The second-order valence-electron chi connectivity index (χ2n) is 8.28. The number of nitrogens with zero attached hydrogens (tertiary/aromatic N) is 1. The smallest absolute Gasteiger partial charge is 0.278 e. The van der Waals surface area contributed by atoms with Gasteiger partial charge in [0.05, 0.1) is 12.1 Å². The lowest BCUT2D eigenvalue weighted by Gasteiger charge is -2.16. The van der Waals surface area contributed by atoms with Crippen LogP contribution in [0, 0.1) is 27.7 Å². The molecule has 0 unspecified atom stereocenters. The first-order valence-electron chi connectivity index (χ1n) is 10.5. The molecule has 5 heteroatoms. The number of imide groups is 1. The van der Waals surface area contributed by atoms with Crippen molar-refractivity contribution in [2.45, 2.75) is 34.2 Å². The Morgan fingerprint density at radius 3 is 2.25 bits per heavy atom. The summed E-state index contributed by atoms with van der Waals surface area (Å²) in [6, 6.07) is 19.1. The molecule has 0 saturated heterocycles. The normalized spacial score (nSPS) is 13.8. The van der Waals surface area contributed by atoms with E-state index < -0.39 is 0 Å². The molecule has 0 spiro atoms. The number of hydrogen-bond donors (Lipinski definition) is 1. The second kappa shape index (κ2) is 8.64. The number of rotatable bonds is 5. The van der Waals surface area contributed by atoms with E-state index in [-0.39, 0.29) is 18.4 Å². The summed E-state index contributed by atoms with van der Waals surface area (Å²) in [5, 5.41) is 3.80. The van der Waals surface area contributed by atoms with E-state index >= 15 is 0 Å². The van der Waals surface area contributed by atoms with E-state index in [2.05, 4.69) is 5.32 Å². The van der Waals surface area contributed by atoms with Gasteiger partial charge >= 0.3 is 0 Å². The summed E-state index contributed by atoms with van der Waals surface area (Å²) < 4.78 is 0. The Hall–Kier alpha value is -3.37. The number of halogens is 1. The summed E-state index contributed by atoms with van der Waals surface area (Å²) in [5.41, 5.74) is 7.17. The van der Waals surface area contributed by atoms with Crippen molar-refractivity contribution in [3.63, 3.8) is 0 Å². The Balaban J connectivity index is 1.81. The largest absolute Gasteiger partial charge is 0.350 e. The fraction of sp³-hybridized carbons (Fsp3) is 0.185. The molecule has 0 bridgehead atoms. The van der Waals surface area contributed by atoms with E-state index in [9.17, 15) is 9.59 Å². The Kier molecular flexibility index (Phi) is 5.90. The quantitative estimate of drug-likeness (QED) is 0.493. The van der Waals surface area contributed by atoms with Crippen LogP contribution in [0.3, 0.4) is 0 Å². The summed E-state index contributed by atoms with van der Waals surface area (Å²) in [6.45, 7) is 8.10. The molecule has 1 aliphatic rings. The SMILES string of the molecule is Cc1ccc(C)c(NC2=C(c3ccc(C)c(C)c3)C(=O)N(Cc3ccccc3Cl)C2=O)c1. The third-order valence-corrected chi connectivity index (χ3v) is 6.27. The maximum Gasteiger partial charge on any atom is 0.278 e. The molecule has 4 rings (SSSR count). The molecule has 2 amide bonds. The molecule has 162 valence electrons. The van der Waals surface area contributed by atoms with Crippen molar-refractivity contribution in [1.82, 2.24) is 4.90 Å². The number of hydrogen-bond acceptors (Lipinski definition) is 3. The van der Waals surface area contributed by atoms with Crippen molar-refractivity contribution < 1.29 is 9.59 Å². The topological polar surface area (TPSA) is 49.4 Å². The predicted molar refractivity (Wildman–Crippen MR) is 129 cm³/mol. The highest BCUT2D eigenvalue weighted by molar-refractivity contribution is 6.36. The van der Waals surface area contributed by atoms with Crippen molar-refractivity contribution in [1.29, 1.82) is 0 Å². The van der Waals surface area contributed by atoms with Gasteiger partial charge in [-0.2, -0.15) is 0 Å². The summed E-state index contributed by atoms with van der Waals surface area (Å²) in [4.78, 5) is 28.3. The maximum atomic E-state index is 13.5. The van der Waals surface area contributed by atoms with E-state index in [0.29, 0.717) is 16.3 Å². The minimum atomic E-state index is -0.357. The van der Waals surface area contributed by atoms with Crippen molar-refractivity contribution >= 4 is 34.7 Å². The number of amides is 2. The van der Waals surface area contributed by atoms with Gasteiger partial charge in [-0.05, 0) is 73.2 Å². The van der Waals surface area contributed by atoms with Crippen molar-refractivity contribution in [3.8, 4) is 0 Å². The van der Waals surface area contributed by atoms with E-state index in [1.165, 1.54) is 4.90 Å². The van der Waals surface area contributed by atoms with Crippen molar-refractivity contribution in [2.24, 2.45) is 0 Å². The van der Waals surface area contributed by atoms with Crippen LogP contribution >= 0.6 is 11.6 Å². The number of carbonyl (C=O) groups excluding carboxylic acids is 2. The highest BCUT2D eigenvalue weighted by Gasteiger charge is 2.39. The van der Waals surface area contributed by atoms with Gasteiger partial charge in [0.15, 0.2) is 0 Å². The number of anilines is 1. The molecule has 1 aliphatic heterocycles. The van der Waals surface area contributed by atoms with Crippen LogP contribution in [-0.4, -0.2) is 16.7 Å². The van der Waals surface area contributed by atoms with Gasteiger partial charge < -0.3 is 5.32 Å². The zero-order valence-electron chi connectivity index (χ0n) is 18.6. The zero-order chi connectivity index (χ0) is 23.0. The van der Waals surface area contributed by atoms with E-state index in [0.717, 1.165) is 39.1 Å². The van der Waals surface area contributed by atoms with Crippen LogP contribution in [-0.2, 0) is 16.1 Å². The summed E-state index contributed by atoms with van der Waals surface area (Å²) in [6.07, 6.45) is 0. The Bertz CT molecular complexity index is 1280. The summed E-state index contributed by atoms with van der Waals surface area (Å²) in [7, 11) is 0. The maximum absolute atomic E-state index is 13.5. The van der Waals surface area contributed by atoms with Gasteiger partial charge in [0.2, 0.25) is 0 Å². The Morgan fingerprint density at radius 2 is 1.53 bits per heavy atom. The van der Waals surface area contributed by atoms with Crippen LogP contribution in [0.5, 0.6) is 0 Å². The van der Waals surface area contributed by atoms with Crippen LogP contribution in [0.1, 0.15) is 33.4 Å². The number of aryl methyl sites for hydroxylation is 4. The van der Waals surface area contributed by atoms with Crippen LogP contribution in [0.2, 0.25) is 5.02 Å². The van der Waals surface area contributed by atoms with Gasteiger partial charge in [0, 0.05) is 10.7 Å². The number of benzene rings is 3. The minimum Gasteiger partial charge on any atom is -0.350 e. The molecule has 3 aromatic rings.